The van der Waals surface area contributed by atoms with Crippen LogP contribution >= 0.6 is 0 Å². The zero-order valence-corrected chi connectivity index (χ0v) is 6.47. The van der Waals surface area contributed by atoms with Crippen LogP contribution in [0.1, 0.15) is 32.6 Å². The van der Waals surface area contributed by atoms with Gasteiger partial charge in [-0.25, -0.2) is 0 Å². The lowest BCUT2D eigenvalue weighted by Gasteiger charge is -2.26. The van der Waals surface area contributed by atoms with Crippen molar-refractivity contribution in [3.8, 4) is 0 Å². The lowest BCUT2D eigenvalue weighted by atomic mass is 9.77. The van der Waals surface area contributed by atoms with Gasteiger partial charge in [0.25, 0.3) is 0 Å². The van der Waals surface area contributed by atoms with E-state index in [0.717, 1.165) is 5.92 Å². The SMILES string of the molecule is CC1CC2CCC1(C=O)C2. The summed E-state index contributed by atoms with van der Waals surface area (Å²) in [5, 5.41) is 0. The lowest BCUT2D eigenvalue weighted by molar-refractivity contribution is -0.117. The van der Waals surface area contributed by atoms with E-state index >= 15 is 0 Å². The first-order valence-corrected chi connectivity index (χ1v) is 4.23. The molecular formula is C9H14O. The highest BCUT2D eigenvalue weighted by molar-refractivity contribution is 5.61. The van der Waals surface area contributed by atoms with Gasteiger partial charge in [0, 0.05) is 5.41 Å². The molecule has 0 N–H and O–H groups in total. The van der Waals surface area contributed by atoms with E-state index < -0.39 is 0 Å². The summed E-state index contributed by atoms with van der Waals surface area (Å²) in [5.41, 5.74) is 0.130. The van der Waals surface area contributed by atoms with E-state index in [1.165, 1.54) is 32.0 Å². The molecule has 2 fully saturated rings. The Morgan fingerprint density at radius 2 is 2.40 bits per heavy atom. The van der Waals surface area contributed by atoms with Gasteiger partial charge < -0.3 is 4.79 Å². The van der Waals surface area contributed by atoms with Gasteiger partial charge in [0.1, 0.15) is 6.29 Å². The molecule has 2 aliphatic carbocycles. The van der Waals surface area contributed by atoms with Crippen LogP contribution in [0.4, 0.5) is 0 Å². The molecule has 1 nitrogen and oxygen atoms in total. The van der Waals surface area contributed by atoms with Crippen LogP contribution in [0.5, 0.6) is 0 Å². The molecule has 2 aliphatic rings. The molecule has 0 radical (unpaired) electrons. The Labute approximate surface area is 61.8 Å². The van der Waals surface area contributed by atoms with E-state index in [1.54, 1.807) is 0 Å². The second-order valence-electron chi connectivity index (χ2n) is 4.10. The second kappa shape index (κ2) is 1.84. The maximum atomic E-state index is 10.8. The first-order valence-electron chi connectivity index (χ1n) is 4.23. The van der Waals surface area contributed by atoms with Gasteiger partial charge in [0.05, 0.1) is 0 Å². The average Bonchev–Trinajstić information content (AvgIpc) is 2.44. The van der Waals surface area contributed by atoms with Gasteiger partial charge >= 0.3 is 0 Å². The van der Waals surface area contributed by atoms with Crippen molar-refractivity contribution in [2.75, 3.05) is 0 Å². The summed E-state index contributed by atoms with van der Waals surface area (Å²) in [7, 11) is 0. The summed E-state index contributed by atoms with van der Waals surface area (Å²) in [4.78, 5) is 10.8. The molecule has 2 rings (SSSR count). The molecule has 0 amide bonds. The van der Waals surface area contributed by atoms with E-state index in [1.807, 2.05) is 0 Å². The first kappa shape index (κ1) is 6.38. The standard InChI is InChI=1S/C9H14O/c1-7-4-8-2-3-9(7,5-8)6-10/h6-8H,2-5H2,1H3. The quantitative estimate of drug-likeness (QED) is 0.506. The summed E-state index contributed by atoms with van der Waals surface area (Å²) in [6.45, 7) is 2.23. The minimum absolute atomic E-state index is 0.130. The number of hydrogen-bond donors (Lipinski definition) is 0. The number of hydrogen-bond acceptors (Lipinski definition) is 1. The summed E-state index contributed by atoms with van der Waals surface area (Å²) in [6, 6.07) is 0. The molecule has 0 aromatic rings. The van der Waals surface area contributed by atoms with Crippen LogP contribution < -0.4 is 0 Å². The van der Waals surface area contributed by atoms with Gasteiger partial charge in [-0.1, -0.05) is 6.92 Å². The molecule has 2 saturated carbocycles. The molecule has 2 bridgehead atoms. The van der Waals surface area contributed by atoms with E-state index in [9.17, 15) is 4.79 Å². The van der Waals surface area contributed by atoms with Gasteiger partial charge in [-0.3, -0.25) is 0 Å². The minimum Gasteiger partial charge on any atom is -0.303 e. The van der Waals surface area contributed by atoms with E-state index in [2.05, 4.69) is 6.92 Å². The van der Waals surface area contributed by atoms with E-state index in [-0.39, 0.29) is 5.41 Å². The Kier molecular flexibility index (Phi) is 1.17. The summed E-state index contributed by atoms with van der Waals surface area (Å²) >= 11 is 0. The Bertz CT molecular complexity index is 164. The molecule has 1 heteroatoms. The Balaban J connectivity index is 2.26. The van der Waals surface area contributed by atoms with Gasteiger partial charge in [-0.05, 0) is 37.5 Å². The van der Waals surface area contributed by atoms with Gasteiger partial charge in [0.15, 0.2) is 0 Å². The molecule has 0 spiro atoms. The zero-order chi connectivity index (χ0) is 7.19. The van der Waals surface area contributed by atoms with Gasteiger partial charge in [-0.15, -0.1) is 0 Å². The third-order valence-corrected chi connectivity index (χ3v) is 3.59. The number of fused-ring (bicyclic) bond motifs is 2. The highest BCUT2D eigenvalue weighted by Crippen LogP contribution is 2.56. The predicted octanol–water partition coefficient (Wildman–Crippen LogP) is 2.01. The smallest absolute Gasteiger partial charge is 0.126 e. The number of rotatable bonds is 1. The summed E-state index contributed by atoms with van der Waals surface area (Å²) in [6.07, 6.45) is 6.20. The first-order chi connectivity index (χ1) is 4.77. The second-order valence-corrected chi connectivity index (χ2v) is 4.10. The summed E-state index contributed by atoms with van der Waals surface area (Å²) in [5.74, 6) is 1.56. The lowest BCUT2D eigenvalue weighted by Crippen LogP contribution is -2.24. The molecule has 56 valence electrons. The zero-order valence-electron chi connectivity index (χ0n) is 6.47. The normalized spacial score (nSPS) is 51.7. The molecule has 0 aliphatic heterocycles. The predicted molar refractivity (Wildman–Crippen MR) is 39.6 cm³/mol. The van der Waals surface area contributed by atoms with E-state index in [0.29, 0.717) is 5.92 Å². The maximum Gasteiger partial charge on any atom is 0.126 e. The van der Waals surface area contributed by atoms with Crippen LogP contribution in [0.2, 0.25) is 0 Å². The molecule has 3 unspecified atom stereocenters. The van der Waals surface area contributed by atoms with Crippen molar-refractivity contribution in [3.05, 3.63) is 0 Å². The Hall–Kier alpha value is -0.330. The molecule has 10 heavy (non-hydrogen) atoms. The molecule has 0 aromatic heterocycles. The van der Waals surface area contributed by atoms with Crippen molar-refractivity contribution >= 4 is 6.29 Å². The third kappa shape index (κ3) is 0.609. The van der Waals surface area contributed by atoms with Crippen LogP contribution in [0.3, 0.4) is 0 Å². The molecule has 0 heterocycles. The Morgan fingerprint density at radius 1 is 1.60 bits per heavy atom. The van der Waals surface area contributed by atoms with Gasteiger partial charge in [0.2, 0.25) is 0 Å². The van der Waals surface area contributed by atoms with Crippen molar-refractivity contribution in [1.82, 2.24) is 0 Å². The number of carbonyl (C=O) groups excluding carboxylic acids is 1. The largest absolute Gasteiger partial charge is 0.303 e. The number of carbonyl (C=O) groups is 1. The molecule has 0 saturated heterocycles. The fourth-order valence-corrected chi connectivity index (χ4v) is 2.82. The fourth-order valence-electron chi connectivity index (χ4n) is 2.82. The average molecular weight is 138 g/mol. The van der Waals surface area contributed by atoms with Crippen molar-refractivity contribution in [2.24, 2.45) is 17.3 Å². The minimum atomic E-state index is 0.130. The monoisotopic (exact) mass is 138 g/mol. The van der Waals surface area contributed by atoms with E-state index in [4.69, 9.17) is 0 Å². The van der Waals surface area contributed by atoms with Crippen molar-refractivity contribution in [2.45, 2.75) is 32.6 Å². The van der Waals surface area contributed by atoms with Crippen molar-refractivity contribution in [1.29, 1.82) is 0 Å². The van der Waals surface area contributed by atoms with Crippen LogP contribution in [-0.4, -0.2) is 6.29 Å². The van der Waals surface area contributed by atoms with Crippen LogP contribution in [-0.2, 0) is 4.79 Å². The van der Waals surface area contributed by atoms with Crippen molar-refractivity contribution in [3.63, 3.8) is 0 Å². The maximum absolute atomic E-state index is 10.8. The van der Waals surface area contributed by atoms with Crippen molar-refractivity contribution < 1.29 is 4.79 Å². The highest BCUT2D eigenvalue weighted by Gasteiger charge is 2.49. The fraction of sp³-hybridized carbons (Fsp3) is 0.889. The topological polar surface area (TPSA) is 17.1 Å². The van der Waals surface area contributed by atoms with Crippen LogP contribution in [0.25, 0.3) is 0 Å². The van der Waals surface area contributed by atoms with Gasteiger partial charge in [-0.2, -0.15) is 0 Å². The van der Waals surface area contributed by atoms with Crippen LogP contribution in [0.15, 0.2) is 0 Å². The summed E-state index contributed by atoms with van der Waals surface area (Å²) < 4.78 is 0. The molecule has 0 aromatic carbocycles. The molecule has 3 atom stereocenters. The molecular weight excluding hydrogens is 124 g/mol. The Morgan fingerprint density at radius 3 is 2.70 bits per heavy atom. The highest BCUT2D eigenvalue weighted by atomic mass is 16.1. The third-order valence-electron chi connectivity index (χ3n) is 3.59. The number of aldehydes is 1. The van der Waals surface area contributed by atoms with Crippen LogP contribution in [0, 0.1) is 17.3 Å².